The lowest BCUT2D eigenvalue weighted by Crippen LogP contribution is -2.52. The second-order valence-corrected chi connectivity index (χ2v) is 9.02. The summed E-state index contributed by atoms with van der Waals surface area (Å²) < 4.78 is 0. The number of guanidine groups is 1. The Morgan fingerprint density at radius 3 is 2.48 bits per heavy atom. The number of nitrogens with zero attached hydrogens (tertiary/aromatic N) is 3. The molecule has 0 amide bonds. The first-order chi connectivity index (χ1) is 12.0. The van der Waals surface area contributed by atoms with E-state index in [1.165, 1.54) is 32.4 Å². The van der Waals surface area contributed by atoms with Crippen molar-refractivity contribution in [2.24, 2.45) is 10.9 Å². The van der Waals surface area contributed by atoms with E-state index < -0.39 is 0 Å². The van der Waals surface area contributed by atoms with Gasteiger partial charge in [-0.1, -0.05) is 13.8 Å². The molecule has 1 saturated carbocycles. The summed E-state index contributed by atoms with van der Waals surface area (Å²) in [7, 11) is 2.22. The van der Waals surface area contributed by atoms with Gasteiger partial charge in [-0.15, -0.1) is 0 Å². The molecule has 1 aliphatic heterocycles. The summed E-state index contributed by atoms with van der Waals surface area (Å²) in [6, 6.07) is 1.11. The fourth-order valence-corrected chi connectivity index (χ4v) is 4.68. The number of rotatable bonds is 7. The van der Waals surface area contributed by atoms with Gasteiger partial charge in [0.1, 0.15) is 0 Å². The number of hydrogen-bond acceptors (Lipinski definition) is 4. The molecule has 2 rings (SSSR count). The van der Waals surface area contributed by atoms with Crippen molar-refractivity contribution in [1.82, 2.24) is 20.4 Å². The van der Waals surface area contributed by atoms with Crippen molar-refractivity contribution >= 4 is 17.7 Å². The van der Waals surface area contributed by atoms with Gasteiger partial charge in [-0.2, -0.15) is 11.8 Å². The van der Waals surface area contributed by atoms with Gasteiger partial charge < -0.3 is 15.5 Å². The molecule has 0 aromatic rings. The Bertz CT molecular complexity index is 407. The molecule has 1 saturated heterocycles. The Morgan fingerprint density at radius 2 is 1.92 bits per heavy atom. The van der Waals surface area contributed by atoms with Crippen LogP contribution in [-0.4, -0.2) is 85.7 Å². The van der Waals surface area contributed by atoms with Crippen LogP contribution >= 0.6 is 11.8 Å². The van der Waals surface area contributed by atoms with Crippen molar-refractivity contribution < 1.29 is 0 Å². The Kier molecular flexibility index (Phi) is 8.87. The molecule has 0 aromatic carbocycles. The normalized spacial score (nSPS) is 27.7. The van der Waals surface area contributed by atoms with Gasteiger partial charge in [0.25, 0.3) is 0 Å². The van der Waals surface area contributed by atoms with E-state index in [4.69, 9.17) is 4.99 Å². The Balaban J connectivity index is 1.92. The van der Waals surface area contributed by atoms with Crippen molar-refractivity contribution in [1.29, 1.82) is 0 Å². The number of hydrogen-bond donors (Lipinski definition) is 2. The number of thioether (sulfide) groups is 1. The van der Waals surface area contributed by atoms with Gasteiger partial charge in [-0.05, 0) is 45.4 Å². The van der Waals surface area contributed by atoms with Crippen LogP contribution in [0.4, 0.5) is 0 Å². The summed E-state index contributed by atoms with van der Waals surface area (Å²) in [6.45, 7) is 13.3. The minimum atomic E-state index is 0.534. The molecule has 146 valence electrons. The first-order valence-corrected chi connectivity index (χ1v) is 11.3. The van der Waals surface area contributed by atoms with E-state index in [-0.39, 0.29) is 0 Å². The van der Waals surface area contributed by atoms with Crippen LogP contribution in [0.2, 0.25) is 0 Å². The minimum Gasteiger partial charge on any atom is -0.357 e. The van der Waals surface area contributed by atoms with Crippen LogP contribution in [0.3, 0.4) is 0 Å². The maximum atomic E-state index is 4.98. The van der Waals surface area contributed by atoms with Crippen LogP contribution in [0.25, 0.3) is 0 Å². The average Bonchev–Trinajstić information content (AvgIpc) is 3.04. The molecule has 0 spiro atoms. The zero-order valence-electron chi connectivity index (χ0n) is 16.9. The van der Waals surface area contributed by atoms with Crippen molar-refractivity contribution in [2.75, 3.05) is 52.6 Å². The summed E-state index contributed by atoms with van der Waals surface area (Å²) in [5, 5.41) is 7.95. The quantitative estimate of drug-likeness (QED) is 0.531. The topological polar surface area (TPSA) is 42.9 Å². The lowest BCUT2D eigenvalue weighted by Gasteiger charge is -2.39. The highest BCUT2D eigenvalue weighted by Crippen LogP contribution is 2.28. The zero-order chi connectivity index (χ0) is 18.2. The molecule has 2 N–H and O–H groups in total. The lowest BCUT2D eigenvalue weighted by molar-refractivity contribution is 0.0925. The zero-order valence-corrected chi connectivity index (χ0v) is 17.7. The smallest absolute Gasteiger partial charge is 0.191 e. The molecule has 2 fully saturated rings. The Hall–Kier alpha value is -0.460. The predicted octanol–water partition coefficient (Wildman–Crippen LogP) is 2.10. The fourth-order valence-electron chi connectivity index (χ4n) is 3.88. The van der Waals surface area contributed by atoms with E-state index in [9.17, 15) is 0 Å². The van der Waals surface area contributed by atoms with Crippen molar-refractivity contribution in [3.05, 3.63) is 0 Å². The van der Waals surface area contributed by atoms with Crippen LogP contribution in [0, 0.1) is 5.92 Å². The third kappa shape index (κ3) is 6.65. The van der Waals surface area contributed by atoms with Gasteiger partial charge in [0, 0.05) is 50.1 Å². The van der Waals surface area contributed by atoms with E-state index in [0.717, 1.165) is 37.4 Å². The number of aliphatic imine (C=N–C) groups is 1. The van der Waals surface area contributed by atoms with Gasteiger partial charge in [0.2, 0.25) is 0 Å². The van der Waals surface area contributed by atoms with E-state index in [0.29, 0.717) is 18.0 Å². The third-order valence-corrected chi connectivity index (χ3v) is 6.71. The van der Waals surface area contributed by atoms with E-state index in [2.05, 4.69) is 54.5 Å². The van der Waals surface area contributed by atoms with Gasteiger partial charge in [-0.3, -0.25) is 9.89 Å². The average molecular weight is 370 g/mol. The largest absolute Gasteiger partial charge is 0.357 e. The Morgan fingerprint density at radius 1 is 1.20 bits per heavy atom. The van der Waals surface area contributed by atoms with Crippen molar-refractivity contribution in [2.45, 2.75) is 57.4 Å². The van der Waals surface area contributed by atoms with Crippen molar-refractivity contribution in [3.8, 4) is 0 Å². The highest BCUT2D eigenvalue weighted by Gasteiger charge is 2.26. The predicted molar refractivity (Wildman–Crippen MR) is 112 cm³/mol. The summed E-state index contributed by atoms with van der Waals surface area (Å²) in [5.41, 5.74) is 0. The summed E-state index contributed by atoms with van der Waals surface area (Å²) in [6.07, 6.45) is 6.09. The van der Waals surface area contributed by atoms with Gasteiger partial charge >= 0.3 is 0 Å². The molecule has 6 heteroatoms. The van der Waals surface area contributed by atoms with Crippen LogP contribution in [0.15, 0.2) is 4.99 Å². The summed E-state index contributed by atoms with van der Waals surface area (Å²) in [4.78, 5) is 10.0. The highest BCUT2D eigenvalue weighted by molar-refractivity contribution is 7.99. The molecule has 0 radical (unpaired) electrons. The molecule has 3 atom stereocenters. The summed E-state index contributed by atoms with van der Waals surface area (Å²) >= 11 is 2.01. The summed E-state index contributed by atoms with van der Waals surface area (Å²) in [5.74, 6) is 1.64. The van der Waals surface area contributed by atoms with Gasteiger partial charge in [0.05, 0.1) is 6.54 Å². The maximum Gasteiger partial charge on any atom is 0.191 e. The minimum absolute atomic E-state index is 0.534. The molecule has 1 aliphatic carbocycles. The molecular formula is C19H39N5S. The standard InChI is InChI=1S/C19H39N5S/c1-6-20-19(22-16-7-8-17(13-16)25-5)21-14-18(15(2)3)24-11-9-23(4)10-12-24/h15-18H,6-14H2,1-5H3,(H2,20,21,22). The highest BCUT2D eigenvalue weighted by atomic mass is 32.2. The number of piperazine rings is 1. The lowest BCUT2D eigenvalue weighted by atomic mass is 10.0. The molecule has 0 aromatic heterocycles. The first kappa shape index (κ1) is 20.8. The van der Waals surface area contributed by atoms with Crippen LogP contribution < -0.4 is 10.6 Å². The van der Waals surface area contributed by atoms with Gasteiger partial charge in [0.15, 0.2) is 5.96 Å². The molecule has 3 unspecified atom stereocenters. The van der Waals surface area contributed by atoms with E-state index >= 15 is 0 Å². The van der Waals surface area contributed by atoms with Crippen LogP contribution in [0.1, 0.15) is 40.0 Å². The molecule has 0 bridgehead atoms. The van der Waals surface area contributed by atoms with E-state index in [1.807, 2.05) is 11.8 Å². The molecule has 1 heterocycles. The molecule has 5 nitrogen and oxygen atoms in total. The Labute approximate surface area is 159 Å². The van der Waals surface area contributed by atoms with E-state index in [1.54, 1.807) is 0 Å². The van der Waals surface area contributed by atoms with Crippen LogP contribution in [-0.2, 0) is 0 Å². The first-order valence-electron chi connectivity index (χ1n) is 10.0. The van der Waals surface area contributed by atoms with Crippen LogP contribution in [0.5, 0.6) is 0 Å². The van der Waals surface area contributed by atoms with Gasteiger partial charge in [-0.25, -0.2) is 0 Å². The second-order valence-electron chi connectivity index (χ2n) is 7.88. The third-order valence-electron chi connectivity index (χ3n) is 5.62. The second kappa shape index (κ2) is 10.6. The maximum absolute atomic E-state index is 4.98. The number of likely N-dealkylation sites (N-methyl/N-ethyl adjacent to an activating group) is 1. The monoisotopic (exact) mass is 369 g/mol. The molecule has 2 aliphatic rings. The number of nitrogens with one attached hydrogen (secondary N) is 2. The van der Waals surface area contributed by atoms with Crippen molar-refractivity contribution in [3.63, 3.8) is 0 Å². The fraction of sp³-hybridized carbons (Fsp3) is 0.947. The SMILES string of the molecule is CCNC(=NCC(C(C)C)N1CCN(C)CC1)NC1CCC(SC)C1. The molecular weight excluding hydrogens is 330 g/mol. The molecule has 25 heavy (non-hydrogen) atoms.